The average Bonchev–Trinajstić information content (AvgIpc) is 3.14. The van der Waals surface area contributed by atoms with Crippen LogP contribution in [0.1, 0.15) is 37.6 Å². The van der Waals surface area contributed by atoms with Crippen LogP contribution >= 0.6 is 0 Å². The van der Waals surface area contributed by atoms with E-state index >= 15 is 0 Å². The van der Waals surface area contributed by atoms with Crippen LogP contribution in [0.15, 0.2) is 29.0 Å². The summed E-state index contributed by atoms with van der Waals surface area (Å²) in [5, 5.41) is 4.17. The zero-order valence-corrected chi connectivity index (χ0v) is 12.6. The molecule has 1 aliphatic heterocycles. The molecule has 0 bridgehead atoms. The summed E-state index contributed by atoms with van der Waals surface area (Å²) >= 11 is 0. The highest BCUT2D eigenvalue weighted by atomic mass is 16.5. The number of rotatable bonds is 2. The summed E-state index contributed by atoms with van der Waals surface area (Å²) < 4.78 is 5.55. The monoisotopic (exact) mass is 297 g/mol. The Kier molecular flexibility index (Phi) is 3.38. The molecule has 1 atom stereocenters. The smallest absolute Gasteiger partial charge is 0.244 e. The number of H-pyrrole nitrogens is 1. The number of nitrogens with zero attached hydrogens (tertiary/aromatic N) is 4. The second kappa shape index (κ2) is 5.53. The topological polar surface area (TPSA) is 70.8 Å². The minimum Gasteiger partial charge on any atom is -0.345 e. The Balaban J connectivity index is 1.65. The summed E-state index contributed by atoms with van der Waals surface area (Å²) in [4.78, 5) is 14.3. The minimum atomic E-state index is 0.236. The Morgan fingerprint density at radius 2 is 2.23 bits per heavy atom. The minimum absolute atomic E-state index is 0.236. The van der Waals surface area contributed by atoms with Crippen molar-refractivity contribution in [3.8, 4) is 11.4 Å². The van der Waals surface area contributed by atoms with Crippen molar-refractivity contribution in [1.82, 2.24) is 25.0 Å². The van der Waals surface area contributed by atoms with Gasteiger partial charge in [-0.15, -0.1) is 0 Å². The molecule has 3 aromatic rings. The molecule has 114 valence electrons. The summed E-state index contributed by atoms with van der Waals surface area (Å²) in [6, 6.07) is 6.19. The molecular formula is C16H19N5O. The van der Waals surface area contributed by atoms with E-state index in [1.807, 2.05) is 18.2 Å². The van der Waals surface area contributed by atoms with Crippen molar-refractivity contribution < 1.29 is 4.52 Å². The molecule has 1 saturated heterocycles. The van der Waals surface area contributed by atoms with E-state index < -0.39 is 0 Å². The van der Waals surface area contributed by atoms with Gasteiger partial charge >= 0.3 is 0 Å². The van der Waals surface area contributed by atoms with E-state index in [0.717, 1.165) is 35.5 Å². The van der Waals surface area contributed by atoms with Gasteiger partial charge in [0, 0.05) is 5.56 Å². The lowest BCUT2D eigenvalue weighted by Gasteiger charge is -2.21. The molecule has 0 spiro atoms. The van der Waals surface area contributed by atoms with Crippen LogP contribution < -0.4 is 0 Å². The fourth-order valence-corrected chi connectivity index (χ4v) is 3.13. The van der Waals surface area contributed by atoms with Gasteiger partial charge in [-0.3, -0.25) is 4.90 Å². The predicted octanol–water partition coefficient (Wildman–Crippen LogP) is 3.16. The van der Waals surface area contributed by atoms with Crippen LogP contribution in [0.4, 0.5) is 0 Å². The van der Waals surface area contributed by atoms with Gasteiger partial charge in [-0.25, -0.2) is 4.98 Å². The van der Waals surface area contributed by atoms with Crippen LogP contribution in [-0.4, -0.2) is 38.6 Å². The Morgan fingerprint density at radius 3 is 3.18 bits per heavy atom. The molecule has 0 radical (unpaired) electrons. The summed E-state index contributed by atoms with van der Waals surface area (Å²) in [5.41, 5.74) is 2.87. The Bertz CT molecular complexity index is 778. The first-order valence-corrected chi connectivity index (χ1v) is 7.78. The maximum atomic E-state index is 5.55. The predicted molar refractivity (Wildman–Crippen MR) is 83.2 cm³/mol. The molecule has 22 heavy (non-hydrogen) atoms. The van der Waals surface area contributed by atoms with E-state index in [2.05, 4.69) is 32.1 Å². The third-order valence-corrected chi connectivity index (χ3v) is 4.43. The van der Waals surface area contributed by atoms with Crippen LogP contribution in [0.5, 0.6) is 0 Å². The first-order chi connectivity index (χ1) is 10.8. The maximum absolute atomic E-state index is 5.55. The first kappa shape index (κ1) is 13.5. The van der Waals surface area contributed by atoms with Crippen LogP contribution in [0, 0.1) is 0 Å². The van der Waals surface area contributed by atoms with Crippen LogP contribution in [0.2, 0.25) is 0 Å². The molecule has 1 fully saturated rings. The number of aromatic nitrogens is 4. The van der Waals surface area contributed by atoms with Crippen molar-refractivity contribution >= 4 is 11.0 Å². The largest absolute Gasteiger partial charge is 0.345 e. The van der Waals surface area contributed by atoms with E-state index in [9.17, 15) is 0 Å². The van der Waals surface area contributed by atoms with Gasteiger partial charge in [0.25, 0.3) is 0 Å². The van der Waals surface area contributed by atoms with Gasteiger partial charge in [-0.1, -0.05) is 18.0 Å². The maximum Gasteiger partial charge on any atom is 0.244 e. The molecule has 1 N–H and O–H groups in total. The third-order valence-electron chi connectivity index (χ3n) is 4.43. The van der Waals surface area contributed by atoms with E-state index in [1.165, 1.54) is 19.3 Å². The van der Waals surface area contributed by atoms with Gasteiger partial charge in [-0.2, -0.15) is 4.98 Å². The summed E-state index contributed by atoms with van der Waals surface area (Å²) in [6.45, 7) is 1.09. The van der Waals surface area contributed by atoms with E-state index in [4.69, 9.17) is 4.52 Å². The highest BCUT2D eigenvalue weighted by molar-refractivity contribution is 5.79. The van der Waals surface area contributed by atoms with E-state index in [-0.39, 0.29) is 6.04 Å². The zero-order valence-electron chi connectivity index (χ0n) is 12.6. The van der Waals surface area contributed by atoms with Crippen molar-refractivity contribution in [2.75, 3.05) is 13.6 Å². The molecule has 0 aliphatic carbocycles. The van der Waals surface area contributed by atoms with Gasteiger partial charge in [0.2, 0.25) is 11.7 Å². The molecule has 0 amide bonds. The first-order valence-electron chi connectivity index (χ1n) is 7.78. The Morgan fingerprint density at radius 1 is 1.27 bits per heavy atom. The second-order valence-corrected chi connectivity index (χ2v) is 5.94. The SMILES string of the molecule is CN1CCCCC[C@H]1c1nc(-c2ccc3nc[nH]c3c2)no1. The third kappa shape index (κ3) is 2.39. The lowest BCUT2D eigenvalue weighted by atomic mass is 10.1. The second-order valence-electron chi connectivity index (χ2n) is 5.94. The highest BCUT2D eigenvalue weighted by Gasteiger charge is 2.25. The van der Waals surface area contributed by atoms with Crippen molar-refractivity contribution in [3.63, 3.8) is 0 Å². The number of likely N-dealkylation sites (tertiary alicyclic amines) is 1. The lowest BCUT2D eigenvalue weighted by molar-refractivity contribution is 0.198. The molecular weight excluding hydrogens is 278 g/mol. The van der Waals surface area contributed by atoms with Gasteiger partial charge in [0.1, 0.15) is 0 Å². The van der Waals surface area contributed by atoms with Gasteiger partial charge in [0.15, 0.2) is 0 Å². The lowest BCUT2D eigenvalue weighted by Crippen LogP contribution is -2.24. The van der Waals surface area contributed by atoms with Crippen LogP contribution in [-0.2, 0) is 0 Å². The number of benzene rings is 1. The van der Waals surface area contributed by atoms with Gasteiger partial charge in [0.05, 0.1) is 23.4 Å². The highest BCUT2D eigenvalue weighted by Crippen LogP contribution is 2.29. The Labute approximate surface area is 128 Å². The molecule has 6 heteroatoms. The van der Waals surface area contributed by atoms with Crippen LogP contribution in [0.25, 0.3) is 22.4 Å². The molecule has 2 aromatic heterocycles. The number of nitrogens with one attached hydrogen (secondary N) is 1. The molecule has 1 aromatic carbocycles. The number of hydrogen-bond acceptors (Lipinski definition) is 5. The zero-order chi connectivity index (χ0) is 14.9. The van der Waals surface area contributed by atoms with E-state index in [0.29, 0.717) is 5.82 Å². The Hall–Kier alpha value is -2.21. The number of aromatic amines is 1. The fraction of sp³-hybridized carbons (Fsp3) is 0.438. The fourth-order valence-electron chi connectivity index (χ4n) is 3.13. The molecule has 4 rings (SSSR count). The average molecular weight is 297 g/mol. The number of hydrogen-bond donors (Lipinski definition) is 1. The molecule has 0 saturated carbocycles. The summed E-state index contributed by atoms with van der Waals surface area (Å²) in [5.74, 6) is 1.37. The normalized spacial score (nSPS) is 20.3. The van der Waals surface area contributed by atoms with Crippen LogP contribution in [0.3, 0.4) is 0 Å². The van der Waals surface area contributed by atoms with E-state index in [1.54, 1.807) is 6.33 Å². The molecule has 0 unspecified atom stereocenters. The number of imidazole rings is 1. The van der Waals surface area contributed by atoms with Crippen molar-refractivity contribution in [3.05, 3.63) is 30.4 Å². The molecule has 1 aliphatic rings. The van der Waals surface area contributed by atoms with Crippen molar-refractivity contribution in [2.24, 2.45) is 0 Å². The quantitative estimate of drug-likeness (QED) is 0.786. The van der Waals surface area contributed by atoms with Crippen molar-refractivity contribution in [1.29, 1.82) is 0 Å². The standard InChI is InChI=1S/C16H19N5O/c1-21-8-4-2-3-5-14(21)16-19-15(20-22-16)11-6-7-12-13(9-11)18-10-17-12/h6-7,9-10,14H,2-5,8H2,1H3,(H,17,18)/t14-/m0/s1. The summed E-state index contributed by atoms with van der Waals surface area (Å²) in [6.07, 6.45) is 6.50. The summed E-state index contributed by atoms with van der Waals surface area (Å²) in [7, 11) is 2.14. The van der Waals surface area contributed by atoms with Gasteiger partial charge in [-0.05, 0) is 44.6 Å². The van der Waals surface area contributed by atoms with Crippen molar-refractivity contribution in [2.45, 2.75) is 31.7 Å². The number of fused-ring (bicyclic) bond motifs is 1. The molecule has 6 nitrogen and oxygen atoms in total. The van der Waals surface area contributed by atoms with Gasteiger partial charge < -0.3 is 9.51 Å². The molecule has 3 heterocycles.